The molecule has 2 aromatic rings. The zero-order chi connectivity index (χ0) is 14.8. The predicted molar refractivity (Wildman–Crippen MR) is 87.0 cm³/mol. The molecule has 0 aliphatic carbocycles. The van der Waals surface area contributed by atoms with Gasteiger partial charge >= 0.3 is 0 Å². The van der Waals surface area contributed by atoms with Gasteiger partial charge in [-0.3, -0.25) is 4.79 Å². The highest BCUT2D eigenvalue weighted by atomic mass is 32.1. The second kappa shape index (κ2) is 5.85. The number of nitrogens with two attached hydrogens (primary N) is 1. The van der Waals surface area contributed by atoms with Crippen LogP contribution in [-0.2, 0) is 12.8 Å². The smallest absolute Gasteiger partial charge is 0.269 e. The quantitative estimate of drug-likeness (QED) is 0.885. The third-order valence-electron chi connectivity index (χ3n) is 3.76. The molecule has 2 heterocycles. The fraction of sp³-hybridized carbons (Fsp3) is 0.375. The Bertz CT molecular complexity index is 665. The first kappa shape index (κ1) is 14.1. The number of hydrogen-bond donors (Lipinski definition) is 1. The van der Waals surface area contributed by atoms with Crippen LogP contribution in [0.4, 0.5) is 11.4 Å². The molecule has 0 spiro atoms. The minimum atomic E-state index is 0.0430. The van der Waals surface area contributed by atoms with E-state index in [4.69, 9.17) is 5.73 Å². The molecular formula is C16H19N3OS. The van der Waals surface area contributed by atoms with Crippen molar-refractivity contribution in [2.75, 3.05) is 17.2 Å². The summed E-state index contributed by atoms with van der Waals surface area (Å²) in [6.45, 7) is 2.86. The van der Waals surface area contributed by atoms with Crippen LogP contribution in [0.5, 0.6) is 0 Å². The molecule has 0 saturated heterocycles. The summed E-state index contributed by atoms with van der Waals surface area (Å²) in [7, 11) is 0. The van der Waals surface area contributed by atoms with Gasteiger partial charge in [-0.2, -0.15) is 0 Å². The Hall–Kier alpha value is -1.88. The molecule has 1 aliphatic rings. The molecule has 0 bridgehead atoms. The van der Waals surface area contributed by atoms with Gasteiger partial charge in [0.25, 0.3) is 5.91 Å². The Morgan fingerprint density at radius 3 is 3.14 bits per heavy atom. The van der Waals surface area contributed by atoms with Crippen molar-refractivity contribution in [1.82, 2.24) is 4.98 Å². The maximum Gasteiger partial charge on any atom is 0.269 e. The average molecular weight is 301 g/mol. The molecule has 0 fully saturated rings. The van der Waals surface area contributed by atoms with E-state index < -0.39 is 0 Å². The lowest BCUT2D eigenvalue weighted by molar-refractivity contribution is 0.0989. The molecule has 1 aromatic heterocycles. The van der Waals surface area contributed by atoms with E-state index in [9.17, 15) is 4.79 Å². The fourth-order valence-corrected chi connectivity index (χ4v) is 3.70. The molecule has 0 saturated carbocycles. The van der Waals surface area contributed by atoms with E-state index in [0.29, 0.717) is 4.88 Å². The van der Waals surface area contributed by atoms with Crippen LogP contribution in [0.25, 0.3) is 0 Å². The second-order valence-electron chi connectivity index (χ2n) is 5.27. The monoisotopic (exact) mass is 301 g/mol. The standard InChI is InChI=1S/C16H19N3OS/c1-2-5-15-18-10-14(21-15)16(20)19-9-4-6-11-12(17)7-3-8-13(11)19/h3,7-8,10H,2,4-6,9,17H2,1H3. The van der Waals surface area contributed by atoms with Crippen molar-refractivity contribution in [3.8, 4) is 0 Å². The second-order valence-corrected chi connectivity index (χ2v) is 6.39. The van der Waals surface area contributed by atoms with E-state index in [-0.39, 0.29) is 5.91 Å². The number of nitrogens with zero attached hydrogens (tertiary/aromatic N) is 2. The Morgan fingerprint density at radius 2 is 2.33 bits per heavy atom. The number of carbonyl (C=O) groups is 1. The highest BCUT2D eigenvalue weighted by Crippen LogP contribution is 2.32. The summed E-state index contributed by atoms with van der Waals surface area (Å²) in [5.74, 6) is 0.0430. The van der Waals surface area contributed by atoms with Gasteiger partial charge in [0, 0.05) is 17.9 Å². The van der Waals surface area contributed by atoms with Crippen LogP contribution in [0.15, 0.2) is 24.4 Å². The van der Waals surface area contributed by atoms with E-state index in [1.807, 2.05) is 23.1 Å². The minimum Gasteiger partial charge on any atom is -0.398 e. The molecule has 110 valence electrons. The molecule has 1 amide bonds. The van der Waals surface area contributed by atoms with Crippen LogP contribution in [0.2, 0.25) is 0 Å². The number of thiazole rings is 1. The van der Waals surface area contributed by atoms with Gasteiger partial charge in [-0.05, 0) is 43.4 Å². The van der Waals surface area contributed by atoms with Crippen molar-refractivity contribution in [3.05, 3.63) is 39.8 Å². The van der Waals surface area contributed by atoms with Crippen molar-refractivity contribution in [1.29, 1.82) is 0 Å². The number of amides is 1. The lowest BCUT2D eigenvalue weighted by atomic mass is 10.00. The number of carbonyl (C=O) groups excluding carboxylic acids is 1. The van der Waals surface area contributed by atoms with Gasteiger partial charge in [0.05, 0.1) is 11.2 Å². The topological polar surface area (TPSA) is 59.2 Å². The molecule has 5 heteroatoms. The summed E-state index contributed by atoms with van der Waals surface area (Å²) in [5.41, 5.74) is 8.87. The van der Waals surface area contributed by atoms with Gasteiger partial charge in [0.1, 0.15) is 4.88 Å². The zero-order valence-corrected chi connectivity index (χ0v) is 12.9. The van der Waals surface area contributed by atoms with E-state index >= 15 is 0 Å². The summed E-state index contributed by atoms with van der Waals surface area (Å²) in [6, 6.07) is 5.80. The third-order valence-corrected chi connectivity index (χ3v) is 4.81. The molecule has 21 heavy (non-hydrogen) atoms. The first-order valence-electron chi connectivity index (χ1n) is 7.34. The highest BCUT2D eigenvalue weighted by molar-refractivity contribution is 7.13. The molecule has 4 nitrogen and oxygen atoms in total. The molecular weight excluding hydrogens is 282 g/mol. The Labute approximate surface area is 128 Å². The highest BCUT2D eigenvalue weighted by Gasteiger charge is 2.25. The summed E-state index contributed by atoms with van der Waals surface area (Å²) < 4.78 is 0. The molecule has 0 unspecified atom stereocenters. The molecule has 3 rings (SSSR count). The Kier molecular flexibility index (Phi) is 3.92. The zero-order valence-electron chi connectivity index (χ0n) is 12.1. The number of fused-ring (bicyclic) bond motifs is 1. The Balaban J connectivity index is 1.91. The number of aryl methyl sites for hydroxylation is 1. The van der Waals surface area contributed by atoms with Gasteiger partial charge in [-0.15, -0.1) is 11.3 Å². The summed E-state index contributed by atoms with van der Waals surface area (Å²) in [5, 5.41) is 1.03. The van der Waals surface area contributed by atoms with Crippen LogP contribution in [0.3, 0.4) is 0 Å². The van der Waals surface area contributed by atoms with Crippen LogP contribution < -0.4 is 10.6 Å². The third kappa shape index (κ3) is 2.65. The largest absolute Gasteiger partial charge is 0.398 e. The van der Waals surface area contributed by atoms with Crippen molar-refractivity contribution >= 4 is 28.6 Å². The first-order valence-corrected chi connectivity index (χ1v) is 8.16. The number of anilines is 2. The maximum absolute atomic E-state index is 12.7. The van der Waals surface area contributed by atoms with Crippen molar-refractivity contribution in [2.24, 2.45) is 0 Å². The maximum atomic E-state index is 12.7. The number of nitrogen functional groups attached to an aromatic ring is 1. The van der Waals surface area contributed by atoms with E-state index in [1.165, 1.54) is 11.3 Å². The molecule has 2 N–H and O–H groups in total. The van der Waals surface area contributed by atoms with Crippen LogP contribution in [0, 0.1) is 0 Å². The van der Waals surface area contributed by atoms with E-state index in [2.05, 4.69) is 11.9 Å². The average Bonchev–Trinajstić information content (AvgIpc) is 2.96. The SMILES string of the molecule is CCCc1ncc(C(=O)N2CCCc3c(N)cccc32)s1. The lowest BCUT2D eigenvalue weighted by Crippen LogP contribution is -2.35. The minimum absolute atomic E-state index is 0.0430. The molecule has 1 aromatic carbocycles. The van der Waals surface area contributed by atoms with Crippen LogP contribution in [-0.4, -0.2) is 17.4 Å². The van der Waals surface area contributed by atoms with E-state index in [0.717, 1.165) is 54.2 Å². The number of rotatable bonds is 3. The summed E-state index contributed by atoms with van der Waals surface area (Å²) in [4.78, 5) is 19.7. The molecule has 0 radical (unpaired) electrons. The number of hydrogen-bond acceptors (Lipinski definition) is 4. The van der Waals surface area contributed by atoms with Crippen molar-refractivity contribution in [3.63, 3.8) is 0 Å². The van der Waals surface area contributed by atoms with Gasteiger partial charge in [-0.25, -0.2) is 4.98 Å². The first-order chi connectivity index (χ1) is 10.2. The lowest BCUT2D eigenvalue weighted by Gasteiger charge is -2.29. The summed E-state index contributed by atoms with van der Waals surface area (Å²) >= 11 is 1.50. The van der Waals surface area contributed by atoms with Gasteiger partial charge in [0.15, 0.2) is 0 Å². The van der Waals surface area contributed by atoms with Crippen LogP contribution in [0.1, 0.15) is 40.0 Å². The van der Waals surface area contributed by atoms with Gasteiger partial charge in [0.2, 0.25) is 0 Å². The number of aromatic nitrogens is 1. The van der Waals surface area contributed by atoms with Gasteiger partial charge < -0.3 is 10.6 Å². The van der Waals surface area contributed by atoms with Crippen molar-refractivity contribution < 1.29 is 4.79 Å². The summed E-state index contributed by atoms with van der Waals surface area (Å²) in [6.07, 6.45) is 5.58. The predicted octanol–water partition coefficient (Wildman–Crippen LogP) is 3.27. The number of benzene rings is 1. The van der Waals surface area contributed by atoms with Gasteiger partial charge in [-0.1, -0.05) is 13.0 Å². The van der Waals surface area contributed by atoms with E-state index in [1.54, 1.807) is 6.20 Å². The molecule has 0 atom stereocenters. The Morgan fingerprint density at radius 1 is 1.48 bits per heavy atom. The normalized spacial score (nSPS) is 14.0. The molecule has 1 aliphatic heterocycles. The fourth-order valence-electron chi connectivity index (χ4n) is 2.73. The van der Waals surface area contributed by atoms with Crippen LogP contribution >= 0.6 is 11.3 Å². The van der Waals surface area contributed by atoms with Crippen molar-refractivity contribution in [2.45, 2.75) is 32.6 Å².